The first-order chi connectivity index (χ1) is 24.7. The average molecular weight is 835 g/mol. The highest BCUT2D eigenvalue weighted by Gasteiger charge is 2.35. The molecule has 0 bridgehead atoms. The molecule has 0 unspecified atom stereocenters. The molecule has 6 rings (SSSR count). The molecular weight excluding hydrogens is 803 g/mol. The van der Waals surface area contributed by atoms with Gasteiger partial charge in [0.05, 0.1) is 51.3 Å². The van der Waals surface area contributed by atoms with E-state index in [0.29, 0.717) is 54.8 Å². The molecule has 9 nitrogen and oxygen atoms in total. The smallest absolute Gasteiger partial charge is 0.338 e. The topological polar surface area (TPSA) is 105 Å². The maximum Gasteiger partial charge on any atom is 0.338 e. The molecule has 4 aromatic carbocycles. The number of benzene rings is 4. The van der Waals surface area contributed by atoms with Crippen molar-refractivity contribution >= 4 is 69.2 Å². The number of fused-ring (bicyclic) bond motifs is 1. The summed E-state index contributed by atoms with van der Waals surface area (Å²) in [7, 11) is 1.55. The van der Waals surface area contributed by atoms with Gasteiger partial charge < -0.3 is 18.9 Å². The SMILES string of the molecule is CCOC(=O)C1=C(c2ccccc2)N=c2s/c(=C\c3cc(I)c(OCc4ccc(C(=O)OCC)cc4)c(OC)c3)c(=O)n2[C@@H]1c1ccc(Cl)cc1. The van der Waals surface area contributed by atoms with E-state index in [1.165, 1.54) is 11.3 Å². The van der Waals surface area contributed by atoms with Gasteiger partial charge in [-0.3, -0.25) is 9.36 Å². The van der Waals surface area contributed by atoms with Gasteiger partial charge in [-0.1, -0.05) is 77.5 Å². The Morgan fingerprint density at radius 3 is 2.29 bits per heavy atom. The summed E-state index contributed by atoms with van der Waals surface area (Å²) in [5, 5.41) is 0.527. The molecule has 1 aliphatic heterocycles. The van der Waals surface area contributed by atoms with E-state index in [2.05, 4.69) is 22.6 Å². The van der Waals surface area contributed by atoms with Crippen LogP contribution in [0.2, 0.25) is 5.02 Å². The second kappa shape index (κ2) is 16.1. The Bertz CT molecular complexity index is 2300. The van der Waals surface area contributed by atoms with Gasteiger partial charge >= 0.3 is 11.9 Å². The fourth-order valence-corrected chi connectivity index (χ4v) is 7.53. The average Bonchev–Trinajstić information content (AvgIpc) is 3.45. The highest BCUT2D eigenvalue weighted by molar-refractivity contribution is 14.1. The van der Waals surface area contributed by atoms with Crippen LogP contribution in [0.1, 0.15) is 52.5 Å². The van der Waals surface area contributed by atoms with E-state index < -0.39 is 12.0 Å². The first-order valence-electron chi connectivity index (χ1n) is 16.0. The van der Waals surface area contributed by atoms with Crippen molar-refractivity contribution in [2.24, 2.45) is 4.99 Å². The van der Waals surface area contributed by atoms with Crippen LogP contribution in [-0.2, 0) is 20.9 Å². The molecule has 12 heteroatoms. The van der Waals surface area contributed by atoms with Crippen LogP contribution in [0, 0.1) is 3.57 Å². The number of hydrogen-bond acceptors (Lipinski definition) is 9. The van der Waals surface area contributed by atoms with Gasteiger partial charge in [-0.15, -0.1) is 0 Å². The summed E-state index contributed by atoms with van der Waals surface area (Å²) in [4.78, 5) is 45.3. The molecule has 1 aliphatic rings. The van der Waals surface area contributed by atoms with Crippen molar-refractivity contribution in [3.63, 3.8) is 0 Å². The van der Waals surface area contributed by atoms with Crippen LogP contribution in [0.25, 0.3) is 11.8 Å². The maximum absolute atomic E-state index is 14.3. The minimum Gasteiger partial charge on any atom is -0.493 e. The van der Waals surface area contributed by atoms with E-state index in [9.17, 15) is 14.4 Å². The lowest BCUT2D eigenvalue weighted by Crippen LogP contribution is -2.40. The molecule has 0 amide bonds. The number of halogens is 2. The molecule has 1 aromatic heterocycles. The predicted molar refractivity (Wildman–Crippen MR) is 205 cm³/mol. The second-order valence-electron chi connectivity index (χ2n) is 11.2. The van der Waals surface area contributed by atoms with Crippen LogP contribution >= 0.6 is 45.5 Å². The normalized spacial score (nSPS) is 14.1. The fraction of sp³-hybridized carbons (Fsp3) is 0.179. The first kappa shape index (κ1) is 36.1. The van der Waals surface area contributed by atoms with E-state index in [0.717, 1.165) is 14.7 Å². The fourth-order valence-electron chi connectivity index (χ4n) is 5.62. The van der Waals surface area contributed by atoms with E-state index in [-0.39, 0.29) is 30.3 Å². The van der Waals surface area contributed by atoms with Gasteiger partial charge in [-0.05, 0) is 95.6 Å². The first-order valence-corrected chi connectivity index (χ1v) is 18.3. The molecule has 0 aliphatic carbocycles. The minimum absolute atomic E-state index is 0.157. The summed E-state index contributed by atoms with van der Waals surface area (Å²) in [5.41, 5.74) is 3.84. The zero-order valence-electron chi connectivity index (χ0n) is 27.9. The third-order valence-corrected chi connectivity index (χ3v) is 9.99. The zero-order chi connectivity index (χ0) is 36.1. The molecule has 51 heavy (non-hydrogen) atoms. The monoisotopic (exact) mass is 834 g/mol. The Morgan fingerprint density at radius 2 is 1.63 bits per heavy atom. The quantitative estimate of drug-likeness (QED) is 0.105. The second-order valence-corrected chi connectivity index (χ2v) is 13.8. The molecule has 0 saturated heterocycles. The molecule has 2 heterocycles. The Labute approximate surface area is 316 Å². The van der Waals surface area contributed by atoms with Crippen molar-refractivity contribution in [3.8, 4) is 11.5 Å². The summed E-state index contributed by atoms with van der Waals surface area (Å²) in [5.74, 6) is 0.0967. The predicted octanol–water partition coefficient (Wildman–Crippen LogP) is 6.96. The van der Waals surface area contributed by atoms with E-state index in [1.807, 2.05) is 48.5 Å². The summed E-state index contributed by atoms with van der Waals surface area (Å²) in [6.07, 6.45) is 1.78. The van der Waals surface area contributed by atoms with E-state index in [1.54, 1.807) is 74.1 Å². The van der Waals surface area contributed by atoms with Crippen molar-refractivity contribution in [3.05, 3.63) is 153 Å². The number of methoxy groups -OCH3 is 1. The Hall–Kier alpha value is -4.72. The van der Waals surface area contributed by atoms with Crippen LogP contribution in [-0.4, -0.2) is 36.8 Å². The van der Waals surface area contributed by atoms with Gasteiger partial charge in [-0.25, -0.2) is 14.6 Å². The van der Waals surface area contributed by atoms with Crippen molar-refractivity contribution < 1.29 is 28.5 Å². The Kier molecular flexibility index (Phi) is 11.4. The van der Waals surface area contributed by atoms with Crippen LogP contribution in [0.5, 0.6) is 11.5 Å². The zero-order valence-corrected chi connectivity index (χ0v) is 31.6. The van der Waals surface area contributed by atoms with Gasteiger partial charge in [-0.2, -0.15) is 0 Å². The van der Waals surface area contributed by atoms with Crippen LogP contribution < -0.4 is 24.4 Å². The number of esters is 2. The molecule has 0 fully saturated rings. The van der Waals surface area contributed by atoms with Crippen molar-refractivity contribution in [2.75, 3.05) is 20.3 Å². The molecule has 0 N–H and O–H groups in total. The number of nitrogens with zero attached hydrogens (tertiary/aromatic N) is 2. The van der Waals surface area contributed by atoms with Gasteiger partial charge in [0.1, 0.15) is 6.61 Å². The summed E-state index contributed by atoms with van der Waals surface area (Å²) >= 11 is 9.65. The summed E-state index contributed by atoms with van der Waals surface area (Å²) < 4.78 is 25.2. The summed E-state index contributed by atoms with van der Waals surface area (Å²) in [6.45, 7) is 4.21. The van der Waals surface area contributed by atoms with Gasteiger partial charge in [0.15, 0.2) is 16.3 Å². The summed E-state index contributed by atoms with van der Waals surface area (Å²) in [6, 6.07) is 26.4. The van der Waals surface area contributed by atoms with Crippen molar-refractivity contribution in [1.82, 2.24) is 4.57 Å². The highest BCUT2D eigenvalue weighted by atomic mass is 127. The van der Waals surface area contributed by atoms with E-state index in [4.69, 9.17) is 35.5 Å². The number of ether oxygens (including phenoxy) is 4. The van der Waals surface area contributed by atoms with Crippen LogP contribution in [0.15, 0.2) is 106 Å². The third-order valence-electron chi connectivity index (χ3n) is 7.96. The van der Waals surface area contributed by atoms with Crippen molar-refractivity contribution in [2.45, 2.75) is 26.5 Å². The Balaban J connectivity index is 1.41. The Morgan fingerprint density at radius 1 is 0.941 bits per heavy atom. The number of thiazole rings is 1. The number of carbonyl (C=O) groups excluding carboxylic acids is 2. The lowest BCUT2D eigenvalue weighted by molar-refractivity contribution is -0.138. The van der Waals surface area contributed by atoms with Crippen molar-refractivity contribution in [1.29, 1.82) is 0 Å². The van der Waals surface area contributed by atoms with Gasteiger partial charge in [0, 0.05) is 10.6 Å². The van der Waals surface area contributed by atoms with E-state index >= 15 is 0 Å². The van der Waals surface area contributed by atoms with Crippen LogP contribution in [0.4, 0.5) is 0 Å². The maximum atomic E-state index is 14.3. The van der Waals surface area contributed by atoms with Gasteiger partial charge in [0.2, 0.25) is 0 Å². The largest absolute Gasteiger partial charge is 0.493 e. The molecule has 0 spiro atoms. The molecule has 1 atom stereocenters. The lowest BCUT2D eigenvalue weighted by Gasteiger charge is -2.25. The standard InChI is InChI=1S/C39H32ClIN2O7S/c1-4-48-37(45)27-13-11-23(12-14-27)22-50-35-29(41)19-24(20-30(35)47-3)21-31-36(44)43-34(26-15-17-28(40)18-16-26)32(38(46)49-5-2)33(42-39(43)51-31)25-9-7-6-8-10-25/h6-21,34H,4-5,22H2,1-3H3/b31-21-/t34-/m1/s1. The minimum atomic E-state index is -0.813. The number of hydrogen-bond donors (Lipinski definition) is 0. The highest BCUT2D eigenvalue weighted by Crippen LogP contribution is 2.37. The van der Waals surface area contributed by atoms with Crippen LogP contribution in [0.3, 0.4) is 0 Å². The number of carbonyl (C=O) groups is 2. The molecule has 5 aromatic rings. The third kappa shape index (κ3) is 7.80. The van der Waals surface area contributed by atoms with Gasteiger partial charge in [0.25, 0.3) is 5.56 Å². The molecule has 0 radical (unpaired) electrons. The molecule has 260 valence electrons. The molecule has 0 saturated carbocycles. The molecular formula is C39H32ClIN2O7S. The number of aromatic nitrogens is 1. The lowest BCUT2D eigenvalue weighted by atomic mass is 9.93. The number of rotatable bonds is 11.